The zero-order valence-corrected chi connectivity index (χ0v) is 15.6. The summed E-state index contributed by atoms with van der Waals surface area (Å²) >= 11 is 0. The van der Waals surface area contributed by atoms with Crippen LogP contribution in [-0.4, -0.2) is 52.8 Å². The first-order valence-corrected chi connectivity index (χ1v) is 9.62. The van der Waals surface area contributed by atoms with Gasteiger partial charge in [0.2, 0.25) is 0 Å². The molecule has 0 aliphatic carbocycles. The third-order valence-electron chi connectivity index (χ3n) is 5.72. The molecule has 1 N–H and O–H groups in total. The highest BCUT2D eigenvalue weighted by molar-refractivity contribution is 5.99. The van der Waals surface area contributed by atoms with E-state index < -0.39 is 6.23 Å². The smallest absolute Gasteiger partial charge is 0.256 e. The molecule has 0 radical (unpaired) electrons. The van der Waals surface area contributed by atoms with Crippen LogP contribution in [0.15, 0.2) is 48.5 Å². The summed E-state index contributed by atoms with van der Waals surface area (Å²) in [6, 6.07) is 12.8. The van der Waals surface area contributed by atoms with Gasteiger partial charge in [-0.15, -0.1) is 0 Å². The Morgan fingerprint density at radius 2 is 1.75 bits per heavy atom. The summed E-state index contributed by atoms with van der Waals surface area (Å²) in [7, 11) is 0. The average Bonchev–Trinajstić information content (AvgIpc) is 2.95. The number of aliphatic hydroxyl groups is 1. The molecule has 28 heavy (non-hydrogen) atoms. The lowest BCUT2D eigenvalue weighted by Crippen LogP contribution is -2.41. The number of carbonyl (C=O) groups excluding carboxylic acids is 2. The van der Waals surface area contributed by atoms with E-state index in [-0.39, 0.29) is 17.5 Å². The lowest BCUT2D eigenvalue weighted by atomic mass is 9.95. The Morgan fingerprint density at radius 1 is 1.07 bits per heavy atom. The van der Waals surface area contributed by atoms with E-state index in [0.29, 0.717) is 35.7 Å². The maximum Gasteiger partial charge on any atom is 0.256 e. The lowest BCUT2D eigenvalue weighted by molar-refractivity contribution is 0.00567. The summed E-state index contributed by atoms with van der Waals surface area (Å²) in [6.07, 6.45) is 0.856. The number of hydrogen-bond donors (Lipinski definition) is 1. The number of rotatable bonds is 5. The van der Waals surface area contributed by atoms with Gasteiger partial charge in [-0.3, -0.25) is 14.5 Å². The molecule has 1 atom stereocenters. The van der Waals surface area contributed by atoms with E-state index in [2.05, 4.69) is 4.90 Å². The second-order valence-electron chi connectivity index (χ2n) is 7.57. The first kappa shape index (κ1) is 18.8. The predicted molar refractivity (Wildman–Crippen MR) is 102 cm³/mol. The molecule has 4 rings (SSSR count). The fourth-order valence-electron chi connectivity index (χ4n) is 4.07. The van der Waals surface area contributed by atoms with Crippen LogP contribution in [0.2, 0.25) is 0 Å². The average molecular weight is 382 g/mol. The van der Waals surface area contributed by atoms with Crippen LogP contribution in [0.4, 0.5) is 4.39 Å². The molecular formula is C22H23FN2O3. The molecule has 1 unspecified atom stereocenters. The summed E-state index contributed by atoms with van der Waals surface area (Å²) in [5.41, 5.74) is 1.78. The van der Waals surface area contributed by atoms with Gasteiger partial charge >= 0.3 is 0 Å². The van der Waals surface area contributed by atoms with Gasteiger partial charge in [-0.25, -0.2) is 4.39 Å². The molecule has 1 saturated heterocycles. The van der Waals surface area contributed by atoms with Crippen molar-refractivity contribution in [1.82, 2.24) is 9.80 Å². The molecule has 1 fully saturated rings. The number of aliphatic hydroxyl groups excluding tert-OH is 1. The third-order valence-corrected chi connectivity index (χ3v) is 5.72. The van der Waals surface area contributed by atoms with Gasteiger partial charge in [-0.05, 0) is 62.2 Å². The number of halogens is 1. The van der Waals surface area contributed by atoms with Gasteiger partial charge in [0.15, 0.2) is 12.0 Å². The van der Waals surface area contributed by atoms with Crippen LogP contribution in [0.5, 0.6) is 0 Å². The molecule has 6 heteroatoms. The van der Waals surface area contributed by atoms with Crippen molar-refractivity contribution in [2.45, 2.75) is 19.1 Å². The van der Waals surface area contributed by atoms with Gasteiger partial charge in [0, 0.05) is 23.2 Å². The van der Waals surface area contributed by atoms with Gasteiger partial charge in [0.05, 0.1) is 6.54 Å². The number of ketones is 1. The van der Waals surface area contributed by atoms with Crippen molar-refractivity contribution < 1.29 is 19.1 Å². The summed E-state index contributed by atoms with van der Waals surface area (Å²) in [4.78, 5) is 28.5. The second-order valence-corrected chi connectivity index (χ2v) is 7.57. The third kappa shape index (κ3) is 3.70. The van der Waals surface area contributed by atoms with E-state index in [4.69, 9.17) is 0 Å². The lowest BCUT2D eigenvalue weighted by Gasteiger charge is -2.34. The highest BCUT2D eigenvalue weighted by Crippen LogP contribution is 2.33. The molecule has 146 valence electrons. The molecule has 0 saturated carbocycles. The largest absolute Gasteiger partial charge is 0.369 e. The SMILES string of the molecule is O=C(CN1CCC(CN2C(=O)c3ccccc3C2O)CC1)c1ccc(F)cc1. The number of Topliss-reactive ketones (excluding diaryl/α,β-unsaturated/α-hetero) is 1. The minimum absolute atomic E-state index is 0.0148. The molecular weight excluding hydrogens is 359 g/mol. The van der Waals surface area contributed by atoms with Gasteiger partial charge in [-0.2, -0.15) is 0 Å². The molecule has 2 aromatic carbocycles. The van der Waals surface area contributed by atoms with Crippen LogP contribution < -0.4 is 0 Å². The van der Waals surface area contributed by atoms with Crippen molar-refractivity contribution in [3.8, 4) is 0 Å². The van der Waals surface area contributed by atoms with E-state index in [1.54, 1.807) is 17.0 Å². The highest BCUT2D eigenvalue weighted by atomic mass is 19.1. The predicted octanol–water partition coefficient (Wildman–Crippen LogP) is 2.87. The maximum absolute atomic E-state index is 13.0. The molecule has 0 bridgehead atoms. The minimum atomic E-state index is -0.873. The van der Waals surface area contributed by atoms with Crippen molar-refractivity contribution >= 4 is 11.7 Å². The quantitative estimate of drug-likeness (QED) is 0.808. The first-order valence-electron chi connectivity index (χ1n) is 9.62. The van der Waals surface area contributed by atoms with Crippen molar-refractivity contribution in [2.75, 3.05) is 26.2 Å². The molecule has 2 heterocycles. The van der Waals surface area contributed by atoms with Crippen LogP contribution in [0.25, 0.3) is 0 Å². The van der Waals surface area contributed by atoms with Gasteiger partial charge in [0.1, 0.15) is 5.82 Å². The number of amides is 1. The molecule has 5 nitrogen and oxygen atoms in total. The summed E-state index contributed by atoms with van der Waals surface area (Å²) in [6.45, 7) is 2.37. The van der Waals surface area contributed by atoms with Crippen molar-refractivity contribution in [2.24, 2.45) is 5.92 Å². The Morgan fingerprint density at radius 3 is 2.43 bits per heavy atom. The van der Waals surface area contributed by atoms with E-state index in [1.165, 1.54) is 24.3 Å². The van der Waals surface area contributed by atoms with E-state index in [9.17, 15) is 19.1 Å². The van der Waals surface area contributed by atoms with Crippen molar-refractivity contribution in [3.63, 3.8) is 0 Å². The maximum atomic E-state index is 13.0. The van der Waals surface area contributed by atoms with Crippen molar-refractivity contribution in [1.29, 1.82) is 0 Å². The van der Waals surface area contributed by atoms with Gasteiger partial charge in [-0.1, -0.05) is 18.2 Å². The monoisotopic (exact) mass is 382 g/mol. The number of carbonyl (C=O) groups is 2. The Hall–Kier alpha value is -2.57. The minimum Gasteiger partial charge on any atom is -0.369 e. The zero-order chi connectivity index (χ0) is 19.7. The number of benzene rings is 2. The number of hydrogen-bond acceptors (Lipinski definition) is 4. The second kappa shape index (κ2) is 7.81. The highest BCUT2D eigenvalue weighted by Gasteiger charge is 2.36. The number of fused-ring (bicyclic) bond motifs is 1. The van der Waals surface area contributed by atoms with Crippen LogP contribution >= 0.6 is 0 Å². The molecule has 0 spiro atoms. The Balaban J connectivity index is 1.30. The van der Waals surface area contributed by atoms with E-state index >= 15 is 0 Å². The molecule has 1 amide bonds. The normalized spacial score (nSPS) is 20.4. The van der Waals surface area contributed by atoms with E-state index in [0.717, 1.165) is 25.9 Å². The fourth-order valence-corrected chi connectivity index (χ4v) is 4.07. The van der Waals surface area contributed by atoms with Crippen LogP contribution in [0.3, 0.4) is 0 Å². The van der Waals surface area contributed by atoms with Gasteiger partial charge < -0.3 is 10.0 Å². The Bertz CT molecular complexity index is 876. The molecule has 2 aromatic rings. The van der Waals surface area contributed by atoms with E-state index in [1.807, 2.05) is 12.1 Å². The Labute approximate surface area is 163 Å². The summed E-state index contributed by atoms with van der Waals surface area (Å²) < 4.78 is 13.0. The number of nitrogens with zero attached hydrogens (tertiary/aromatic N) is 2. The summed E-state index contributed by atoms with van der Waals surface area (Å²) in [5.74, 6) is -0.181. The summed E-state index contributed by atoms with van der Waals surface area (Å²) in [5, 5.41) is 10.5. The first-order chi connectivity index (χ1) is 13.5. The number of likely N-dealkylation sites (tertiary alicyclic amines) is 1. The Kier molecular flexibility index (Phi) is 5.24. The van der Waals surface area contributed by atoms with Crippen LogP contribution in [-0.2, 0) is 0 Å². The van der Waals surface area contributed by atoms with Crippen LogP contribution in [0.1, 0.15) is 45.3 Å². The zero-order valence-electron chi connectivity index (χ0n) is 15.6. The van der Waals surface area contributed by atoms with Crippen LogP contribution in [0, 0.1) is 11.7 Å². The molecule has 0 aromatic heterocycles. The van der Waals surface area contributed by atoms with Crippen molar-refractivity contribution in [3.05, 3.63) is 71.0 Å². The van der Waals surface area contributed by atoms with Gasteiger partial charge in [0.25, 0.3) is 5.91 Å². The molecule has 2 aliphatic rings. The standard InChI is InChI=1S/C22H23FN2O3/c23-17-7-5-16(6-8-17)20(26)14-24-11-9-15(10-12-24)13-25-21(27)18-3-1-2-4-19(18)22(25)28/h1-8,15,21,27H,9-14H2. The number of piperidine rings is 1. The topological polar surface area (TPSA) is 60.9 Å². The fraction of sp³-hybridized carbons (Fsp3) is 0.364. The molecule has 2 aliphatic heterocycles.